The van der Waals surface area contributed by atoms with Crippen LogP contribution in [0.2, 0.25) is 0 Å². The number of fused-ring (bicyclic) bond motifs is 1. The number of guanidine groups is 1. The van der Waals surface area contributed by atoms with E-state index in [2.05, 4.69) is 20.6 Å². The molecule has 0 radical (unpaired) electrons. The molecule has 1 saturated heterocycles. The minimum Gasteiger partial charge on any atom is -0.381 e. The fraction of sp³-hybridized carbons (Fsp3) is 0.647. The number of thiazole rings is 1. The van der Waals surface area contributed by atoms with Crippen LogP contribution in [0.15, 0.2) is 22.8 Å². The molecule has 2 N–H and O–H groups in total. The topological polar surface area (TPSA) is 72.2 Å². The average Bonchev–Trinajstić information content (AvgIpc) is 3.23. The Morgan fingerprint density at radius 1 is 1.44 bits per heavy atom. The molecule has 2 aromatic rings. The Bertz CT molecular complexity index is 634. The molecule has 1 aliphatic rings. The average molecular weight is 366 g/mol. The van der Waals surface area contributed by atoms with Crippen LogP contribution >= 0.6 is 11.3 Å². The van der Waals surface area contributed by atoms with Gasteiger partial charge in [-0.3, -0.25) is 9.39 Å². The predicted molar refractivity (Wildman–Crippen MR) is 100 cm³/mol. The number of aromatic nitrogens is 2. The maximum absolute atomic E-state index is 5.78. The zero-order chi connectivity index (χ0) is 17.3. The van der Waals surface area contributed by atoms with Crippen molar-refractivity contribution < 1.29 is 9.47 Å². The van der Waals surface area contributed by atoms with Gasteiger partial charge >= 0.3 is 0 Å². The third-order valence-electron chi connectivity index (χ3n) is 4.26. The fourth-order valence-electron chi connectivity index (χ4n) is 2.80. The van der Waals surface area contributed by atoms with E-state index in [1.165, 1.54) is 0 Å². The van der Waals surface area contributed by atoms with Crippen molar-refractivity contribution in [2.75, 3.05) is 40.0 Å². The molecular formula is C17H27N5O2S. The van der Waals surface area contributed by atoms with E-state index in [4.69, 9.17) is 9.47 Å². The van der Waals surface area contributed by atoms with Gasteiger partial charge in [0.2, 0.25) is 0 Å². The zero-order valence-corrected chi connectivity index (χ0v) is 15.6. The first kappa shape index (κ1) is 18.2. The summed E-state index contributed by atoms with van der Waals surface area (Å²) >= 11 is 1.64. The molecule has 0 amide bonds. The van der Waals surface area contributed by atoms with Gasteiger partial charge in [0.05, 0.1) is 12.2 Å². The van der Waals surface area contributed by atoms with Crippen molar-refractivity contribution in [1.82, 2.24) is 20.0 Å². The smallest absolute Gasteiger partial charge is 0.193 e. The lowest BCUT2D eigenvalue weighted by Crippen LogP contribution is -2.37. The van der Waals surface area contributed by atoms with Gasteiger partial charge in [-0.15, -0.1) is 11.3 Å². The number of ether oxygens (including phenoxy) is 2. The molecule has 0 aliphatic carbocycles. The van der Waals surface area contributed by atoms with Crippen molar-refractivity contribution in [2.24, 2.45) is 10.9 Å². The third kappa shape index (κ3) is 5.69. The number of hydrogen-bond donors (Lipinski definition) is 2. The lowest BCUT2D eigenvalue weighted by molar-refractivity contribution is 0.0203. The van der Waals surface area contributed by atoms with Crippen molar-refractivity contribution in [3.05, 3.63) is 23.5 Å². The Morgan fingerprint density at radius 3 is 3.12 bits per heavy atom. The molecular weight excluding hydrogens is 338 g/mol. The fourth-order valence-corrected chi connectivity index (χ4v) is 3.52. The second kappa shape index (κ2) is 9.74. The maximum Gasteiger partial charge on any atom is 0.193 e. The summed E-state index contributed by atoms with van der Waals surface area (Å²) in [5.74, 6) is 1.46. The predicted octanol–water partition coefficient (Wildman–Crippen LogP) is 1.89. The number of nitrogens with one attached hydrogen (secondary N) is 2. The highest BCUT2D eigenvalue weighted by molar-refractivity contribution is 7.15. The molecule has 0 bridgehead atoms. The molecule has 3 rings (SSSR count). The van der Waals surface area contributed by atoms with Crippen LogP contribution in [0.4, 0.5) is 0 Å². The van der Waals surface area contributed by atoms with Crippen LogP contribution in [-0.2, 0) is 16.0 Å². The van der Waals surface area contributed by atoms with E-state index < -0.39 is 0 Å². The number of rotatable bonds is 8. The van der Waals surface area contributed by atoms with Gasteiger partial charge in [-0.05, 0) is 25.2 Å². The summed E-state index contributed by atoms with van der Waals surface area (Å²) < 4.78 is 13.2. The number of aliphatic imine (C=N–C) groups is 1. The summed E-state index contributed by atoms with van der Waals surface area (Å²) in [6.07, 6.45) is 7.27. The number of hydrogen-bond acceptors (Lipinski definition) is 5. The minimum absolute atomic E-state index is 0.661. The van der Waals surface area contributed by atoms with E-state index in [0.29, 0.717) is 12.5 Å². The van der Waals surface area contributed by atoms with Crippen LogP contribution in [0.3, 0.4) is 0 Å². The highest BCUT2D eigenvalue weighted by Gasteiger charge is 2.13. The number of nitrogens with zero attached hydrogens (tertiary/aromatic N) is 3. The van der Waals surface area contributed by atoms with Gasteiger partial charge in [-0.25, -0.2) is 4.98 Å². The van der Waals surface area contributed by atoms with Crippen molar-refractivity contribution in [3.63, 3.8) is 0 Å². The maximum atomic E-state index is 5.78. The van der Waals surface area contributed by atoms with Gasteiger partial charge in [0.15, 0.2) is 10.9 Å². The Kier molecular flexibility index (Phi) is 7.08. The van der Waals surface area contributed by atoms with Gasteiger partial charge in [0.25, 0.3) is 0 Å². The minimum atomic E-state index is 0.661. The van der Waals surface area contributed by atoms with Crippen LogP contribution in [0.25, 0.3) is 4.96 Å². The lowest BCUT2D eigenvalue weighted by atomic mass is 10.0. The lowest BCUT2D eigenvalue weighted by Gasteiger charge is -2.21. The van der Waals surface area contributed by atoms with E-state index in [1.807, 2.05) is 22.2 Å². The van der Waals surface area contributed by atoms with Crippen molar-refractivity contribution in [2.45, 2.75) is 25.8 Å². The van der Waals surface area contributed by atoms with Gasteiger partial charge in [0, 0.05) is 57.8 Å². The van der Waals surface area contributed by atoms with Crippen LogP contribution in [0, 0.1) is 5.92 Å². The molecule has 7 nitrogen and oxygen atoms in total. The standard InChI is InChI=1S/C17H27N5O2S/c1-18-16(20-11-15-12-22-6-10-25-17(22)21-15)19-5-2-7-24-13-14-3-8-23-9-4-14/h6,10,12,14H,2-5,7-9,11,13H2,1H3,(H2,18,19,20). The Balaban J connectivity index is 1.26. The molecule has 25 heavy (non-hydrogen) atoms. The van der Waals surface area contributed by atoms with Gasteiger partial charge in [0.1, 0.15) is 0 Å². The SMILES string of the molecule is CN=C(NCCCOCC1CCOCC1)NCc1cn2ccsc2n1. The summed E-state index contributed by atoms with van der Waals surface area (Å²) in [6.45, 7) is 4.89. The van der Waals surface area contributed by atoms with E-state index in [9.17, 15) is 0 Å². The Labute approximate surface area is 152 Å². The molecule has 0 aromatic carbocycles. The molecule has 1 aliphatic heterocycles. The third-order valence-corrected chi connectivity index (χ3v) is 5.03. The van der Waals surface area contributed by atoms with E-state index in [0.717, 1.165) is 68.8 Å². The molecule has 1 fully saturated rings. The van der Waals surface area contributed by atoms with Gasteiger partial charge < -0.3 is 20.1 Å². The van der Waals surface area contributed by atoms with Crippen LogP contribution < -0.4 is 10.6 Å². The van der Waals surface area contributed by atoms with Gasteiger partial charge in [-0.1, -0.05) is 0 Å². The normalized spacial score (nSPS) is 16.4. The Hall–Kier alpha value is -1.64. The molecule has 138 valence electrons. The quantitative estimate of drug-likeness (QED) is 0.425. The van der Waals surface area contributed by atoms with E-state index >= 15 is 0 Å². The van der Waals surface area contributed by atoms with Crippen molar-refractivity contribution >= 4 is 22.3 Å². The second-order valence-corrected chi connectivity index (χ2v) is 7.03. The molecule has 0 unspecified atom stereocenters. The summed E-state index contributed by atoms with van der Waals surface area (Å²) in [5.41, 5.74) is 1.01. The summed E-state index contributed by atoms with van der Waals surface area (Å²) in [4.78, 5) is 9.81. The second-order valence-electron chi connectivity index (χ2n) is 6.16. The van der Waals surface area contributed by atoms with Crippen LogP contribution in [0.1, 0.15) is 25.0 Å². The molecule has 0 saturated carbocycles. The summed E-state index contributed by atoms with van der Waals surface area (Å²) in [6, 6.07) is 0. The molecule has 0 spiro atoms. The highest BCUT2D eigenvalue weighted by atomic mass is 32.1. The van der Waals surface area contributed by atoms with E-state index in [-0.39, 0.29) is 0 Å². The monoisotopic (exact) mass is 365 g/mol. The highest BCUT2D eigenvalue weighted by Crippen LogP contribution is 2.14. The molecule has 8 heteroatoms. The first-order chi connectivity index (χ1) is 12.3. The van der Waals surface area contributed by atoms with Crippen molar-refractivity contribution in [1.29, 1.82) is 0 Å². The van der Waals surface area contributed by atoms with Crippen LogP contribution in [-0.4, -0.2) is 55.4 Å². The molecule has 3 heterocycles. The van der Waals surface area contributed by atoms with E-state index in [1.54, 1.807) is 18.4 Å². The Morgan fingerprint density at radius 2 is 2.32 bits per heavy atom. The zero-order valence-electron chi connectivity index (χ0n) is 14.7. The summed E-state index contributed by atoms with van der Waals surface area (Å²) in [7, 11) is 1.78. The number of imidazole rings is 1. The summed E-state index contributed by atoms with van der Waals surface area (Å²) in [5, 5.41) is 8.64. The van der Waals surface area contributed by atoms with Gasteiger partial charge in [-0.2, -0.15) is 0 Å². The largest absolute Gasteiger partial charge is 0.381 e. The molecule has 2 aromatic heterocycles. The van der Waals surface area contributed by atoms with Crippen LogP contribution in [0.5, 0.6) is 0 Å². The first-order valence-corrected chi connectivity index (χ1v) is 9.74. The van der Waals surface area contributed by atoms with Crippen molar-refractivity contribution in [3.8, 4) is 0 Å². The first-order valence-electron chi connectivity index (χ1n) is 8.86. The molecule has 0 atom stereocenters.